The molecule has 0 fully saturated rings. The Kier molecular flexibility index (Phi) is 3.39. The summed E-state index contributed by atoms with van der Waals surface area (Å²) in [5.41, 5.74) is 10.4. The molecule has 4 nitrogen and oxygen atoms in total. The minimum absolute atomic E-state index is 0.0150. The lowest BCUT2D eigenvalue weighted by Gasteiger charge is -2.12. The third-order valence-corrected chi connectivity index (χ3v) is 4.02. The molecule has 2 N–H and O–H groups in total. The van der Waals surface area contributed by atoms with Gasteiger partial charge in [-0.2, -0.15) is 0 Å². The molecule has 1 aromatic heterocycles. The second kappa shape index (κ2) is 5.22. The van der Waals surface area contributed by atoms with Crippen LogP contribution in [0.2, 0.25) is 0 Å². The quantitative estimate of drug-likeness (QED) is 0.799. The van der Waals surface area contributed by atoms with Gasteiger partial charge in [-0.05, 0) is 29.7 Å². The van der Waals surface area contributed by atoms with Gasteiger partial charge in [0.15, 0.2) is 0 Å². The summed E-state index contributed by atoms with van der Waals surface area (Å²) in [5, 5.41) is 0. The van der Waals surface area contributed by atoms with E-state index < -0.39 is 0 Å². The van der Waals surface area contributed by atoms with Crippen molar-refractivity contribution >= 4 is 11.0 Å². The zero-order valence-electron chi connectivity index (χ0n) is 12.3. The number of hydrogen-bond donors (Lipinski definition) is 1. The first-order valence-corrected chi connectivity index (χ1v) is 7.03. The SMILES string of the molecule is Cn1c(=O)n(C)c2cc(C(N)Cc3ccccc3)ccc21. The Morgan fingerprint density at radius 3 is 2.38 bits per heavy atom. The van der Waals surface area contributed by atoms with Crippen molar-refractivity contribution in [3.63, 3.8) is 0 Å². The molecule has 3 rings (SSSR count). The molecular weight excluding hydrogens is 262 g/mol. The summed E-state index contributed by atoms with van der Waals surface area (Å²) in [6, 6.07) is 16.1. The largest absolute Gasteiger partial charge is 0.328 e. The summed E-state index contributed by atoms with van der Waals surface area (Å²) in [4.78, 5) is 12.0. The third kappa shape index (κ3) is 2.38. The van der Waals surface area contributed by atoms with Crippen LogP contribution in [0.4, 0.5) is 0 Å². The van der Waals surface area contributed by atoms with Gasteiger partial charge in [0, 0.05) is 20.1 Å². The van der Waals surface area contributed by atoms with E-state index in [1.807, 2.05) is 36.4 Å². The van der Waals surface area contributed by atoms with E-state index in [-0.39, 0.29) is 11.7 Å². The molecule has 3 aromatic rings. The van der Waals surface area contributed by atoms with Gasteiger partial charge in [-0.3, -0.25) is 9.13 Å². The molecule has 1 unspecified atom stereocenters. The molecule has 0 radical (unpaired) electrons. The fourth-order valence-corrected chi connectivity index (χ4v) is 2.74. The van der Waals surface area contributed by atoms with Gasteiger partial charge >= 0.3 is 5.69 Å². The standard InChI is InChI=1S/C17H19N3O/c1-19-15-9-8-13(11-16(15)20(2)17(19)21)14(18)10-12-6-4-3-5-7-12/h3-9,11,14H,10,18H2,1-2H3. The van der Waals surface area contributed by atoms with Crippen LogP contribution in [0.1, 0.15) is 17.2 Å². The Morgan fingerprint density at radius 2 is 1.67 bits per heavy atom. The highest BCUT2D eigenvalue weighted by Gasteiger charge is 2.12. The van der Waals surface area contributed by atoms with Crippen LogP contribution in [0.5, 0.6) is 0 Å². The maximum atomic E-state index is 12.0. The van der Waals surface area contributed by atoms with Crippen LogP contribution in [-0.2, 0) is 20.5 Å². The van der Waals surface area contributed by atoms with Gasteiger partial charge in [-0.25, -0.2) is 4.79 Å². The highest BCUT2D eigenvalue weighted by molar-refractivity contribution is 5.77. The van der Waals surface area contributed by atoms with Gasteiger partial charge in [0.1, 0.15) is 0 Å². The molecule has 21 heavy (non-hydrogen) atoms. The molecule has 0 saturated heterocycles. The molecule has 2 aromatic carbocycles. The van der Waals surface area contributed by atoms with Gasteiger partial charge in [0.2, 0.25) is 0 Å². The molecule has 0 saturated carbocycles. The Labute approximate surface area is 123 Å². The fourth-order valence-electron chi connectivity index (χ4n) is 2.74. The Balaban J connectivity index is 1.97. The van der Waals surface area contributed by atoms with Crippen molar-refractivity contribution in [2.24, 2.45) is 19.8 Å². The first-order chi connectivity index (χ1) is 10.1. The van der Waals surface area contributed by atoms with Gasteiger partial charge in [-0.1, -0.05) is 36.4 Å². The van der Waals surface area contributed by atoms with Crippen LogP contribution in [0.25, 0.3) is 11.0 Å². The molecule has 1 atom stereocenters. The number of nitrogens with zero attached hydrogens (tertiary/aromatic N) is 2. The van der Waals surface area contributed by atoms with Crippen molar-refractivity contribution in [3.05, 3.63) is 70.1 Å². The number of aryl methyl sites for hydroxylation is 2. The first kappa shape index (κ1) is 13.6. The molecule has 0 aliphatic carbocycles. The lowest BCUT2D eigenvalue weighted by atomic mass is 9.99. The topological polar surface area (TPSA) is 53.0 Å². The summed E-state index contributed by atoms with van der Waals surface area (Å²) in [6.45, 7) is 0. The van der Waals surface area contributed by atoms with Crippen molar-refractivity contribution in [2.75, 3.05) is 0 Å². The molecule has 0 aliphatic rings. The summed E-state index contributed by atoms with van der Waals surface area (Å²) in [5.74, 6) is 0. The Morgan fingerprint density at radius 1 is 1.00 bits per heavy atom. The predicted octanol–water partition coefficient (Wildman–Crippen LogP) is 2.12. The average molecular weight is 281 g/mol. The number of benzene rings is 2. The summed E-state index contributed by atoms with van der Waals surface area (Å²) >= 11 is 0. The van der Waals surface area contributed by atoms with E-state index in [2.05, 4.69) is 12.1 Å². The number of nitrogens with two attached hydrogens (primary N) is 1. The molecule has 4 heteroatoms. The van der Waals surface area contributed by atoms with Gasteiger partial charge in [0.25, 0.3) is 0 Å². The van der Waals surface area contributed by atoms with Crippen LogP contribution < -0.4 is 11.4 Å². The lowest BCUT2D eigenvalue weighted by Crippen LogP contribution is -2.19. The predicted molar refractivity (Wildman–Crippen MR) is 85.2 cm³/mol. The molecular formula is C17H19N3O. The van der Waals surface area contributed by atoms with Crippen LogP contribution in [-0.4, -0.2) is 9.13 Å². The summed E-state index contributed by atoms with van der Waals surface area (Å²) < 4.78 is 3.32. The van der Waals surface area contributed by atoms with Crippen molar-refractivity contribution in [3.8, 4) is 0 Å². The van der Waals surface area contributed by atoms with E-state index in [4.69, 9.17) is 5.73 Å². The van der Waals surface area contributed by atoms with E-state index in [0.29, 0.717) is 0 Å². The van der Waals surface area contributed by atoms with Gasteiger partial charge < -0.3 is 5.73 Å². The fraction of sp³-hybridized carbons (Fsp3) is 0.235. The highest BCUT2D eigenvalue weighted by Crippen LogP contribution is 2.20. The minimum atomic E-state index is -0.0768. The number of imidazole rings is 1. The van der Waals surface area contributed by atoms with E-state index in [1.165, 1.54) is 5.56 Å². The summed E-state index contributed by atoms with van der Waals surface area (Å²) in [6.07, 6.45) is 0.785. The van der Waals surface area contributed by atoms with Crippen LogP contribution in [0, 0.1) is 0 Å². The second-order valence-corrected chi connectivity index (χ2v) is 5.44. The van der Waals surface area contributed by atoms with Crippen molar-refractivity contribution in [1.82, 2.24) is 9.13 Å². The molecule has 0 amide bonds. The average Bonchev–Trinajstić information content (AvgIpc) is 2.73. The Hall–Kier alpha value is -2.33. The third-order valence-electron chi connectivity index (χ3n) is 4.02. The number of hydrogen-bond acceptors (Lipinski definition) is 2. The number of aromatic nitrogens is 2. The van der Waals surface area contributed by atoms with Crippen LogP contribution in [0.3, 0.4) is 0 Å². The maximum absolute atomic E-state index is 12.0. The number of fused-ring (bicyclic) bond motifs is 1. The van der Waals surface area contributed by atoms with Crippen molar-refractivity contribution < 1.29 is 0 Å². The zero-order chi connectivity index (χ0) is 15.0. The molecule has 1 heterocycles. The minimum Gasteiger partial charge on any atom is -0.324 e. The molecule has 0 bridgehead atoms. The number of rotatable bonds is 3. The van der Waals surface area contributed by atoms with Crippen LogP contribution in [0.15, 0.2) is 53.3 Å². The van der Waals surface area contributed by atoms with Gasteiger partial charge in [-0.15, -0.1) is 0 Å². The van der Waals surface area contributed by atoms with E-state index in [0.717, 1.165) is 23.0 Å². The van der Waals surface area contributed by atoms with E-state index in [9.17, 15) is 4.79 Å². The monoisotopic (exact) mass is 281 g/mol. The van der Waals surface area contributed by atoms with E-state index in [1.54, 1.807) is 23.2 Å². The summed E-state index contributed by atoms with van der Waals surface area (Å²) in [7, 11) is 3.57. The van der Waals surface area contributed by atoms with Gasteiger partial charge in [0.05, 0.1) is 11.0 Å². The van der Waals surface area contributed by atoms with Crippen molar-refractivity contribution in [1.29, 1.82) is 0 Å². The zero-order valence-corrected chi connectivity index (χ0v) is 12.3. The van der Waals surface area contributed by atoms with Crippen LogP contribution >= 0.6 is 0 Å². The molecule has 108 valence electrons. The van der Waals surface area contributed by atoms with E-state index >= 15 is 0 Å². The first-order valence-electron chi connectivity index (χ1n) is 7.03. The molecule has 0 spiro atoms. The second-order valence-electron chi connectivity index (χ2n) is 5.44. The molecule has 0 aliphatic heterocycles. The Bertz CT molecular complexity index is 830. The smallest absolute Gasteiger partial charge is 0.324 e. The maximum Gasteiger partial charge on any atom is 0.328 e. The normalized spacial score (nSPS) is 12.7. The lowest BCUT2D eigenvalue weighted by molar-refractivity contribution is 0.722. The van der Waals surface area contributed by atoms with Crippen molar-refractivity contribution in [2.45, 2.75) is 12.5 Å². The highest BCUT2D eigenvalue weighted by atomic mass is 16.1.